The first-order chi connectivity index (χ1) is 9.20. The summed E-state index contributed by atoms with van der Waals surface area (Å²) < 4.78 is 0. The second kappa shape index (κ2) is 7.06. The van der Waals surface area contributed by atoms with Crippen molar-refractivity contribution >= 4 is 17.2 Å². The molecule has 1 saturated carbocycles. The number of hydrogen-bond acceptors (Lipinski definition) is 3. The van der Waals surface area contributed by atoms with Gasteiger partial charge in [-0.2, -0.15) is 0 Å². The molecule has 0 bridgehead atoms. The Labute approximate surface area is 119 Å². The largest absolute Gasteiger partial charge is 0.343 e. The number of rotatable bonds is 6. The molecule has 19 heavy (non-hydrogen) atoms. The van der Waals surface area contributed by atoms with Gasteiger partial charge in [0.25, 0.3) is 0 Å². The van der Waals surface area contributed by atoms with E-state index in [1.54, 1.807) is 11.3 Å². The Kier molecular flexibility index (Phi) is 5.40. The second-order valence-corrected chi connectivity index (χ2v) is 6.39. The Morgan fingerprint density at radius 1 is 1.53 bits per heavy atom. The van der Waals surface area contributed by atoms with Crippen LogP contribution in [0, 0.1) is 5.92 Å². The molecule has 1 aromatic rings. The van der Waals surface area contributed by atoms with Gasteiger partial charge in [-0.05, 0) is 43.6 Å². The van der Waals surface area contributed by atoms with Gasteiger partial charge in [0.1, 0.15) is 0 Å². The van der Waals surface area contributed by atoms with Crippen LogP contribution < -0.4 is 5.73 Å². The topological polar surface area (TPSA) is 46.3 Å². The summed E-state index contributed by atoms with van der Waals surface area (Å²) in [4.78, 5) is 15.6. The van der Waals surface area contributed by atoms with Crippen LogP contribution in [0.5, 0.6) is 0 Å². The summed E-state index contributed by atoms with van der Waals surface area (Å²) in [6.45, 7) is 3.69. The summed E-state index contributed by atoms with van der Waals surface area (Å²) in [7, 11) is 0. The number of carbonyl (C=O) groups excluding carboxylic acids is 1. The molecule has 0 saturated heterocycles. The van der Waals surface area contributed by atoms with E-state index in [1.165, 1.54) is 11.3 Å². The van der Waals surface area contributed by atoms with Crippen LogP contribution in [0.3, 0.4) is 0 Å². The number of amides is 1. The quantitative estimate of drug-likeness (QED) is 0.871. The van der Waals surface area contributed by atoms with Crippen LogP contribution in [-0.2, 0) is 11.2 Å². The lowest BCUT2D eigenvalue weighted by Crippen LogP contribution is -2.36. The molecule has 1 fully saturated rings. The summed E-state index contributed by atoms with van der Waals surface area (Å²) in [6, 6.07) is 4.44. The lowest BCUT2D eigenvalue weighted by molar-refractivity contribution is -0.132. The van der Waals surface area contributed by atoms with E-state index in [1.807, 2.05) is 4.90 Å². The molecule has 4 heteroatoms. The third-order valence-corrected chi connectivity index (χ3v) is 5.03. The van der Waals surface area contributed by atoms with Gasteiger partial charge < -0.3 is 10.6 Å². The number of thiophene rings is 1. The fourth-order valence-corrected chi connectivity index (χ4v) is 3.53. The predicted octanol–water partition coefficient (Wildman–Crippen LogP) is 2.66. The first-order valence-corrected chi connectivity index (χ1v) is 8.14. The molecular weight excluding hydrogens is 256 g/mol. The lowest BCUT2D eigenvalue weighted by atomic mass is 9.99. The monoisotopic (exact) mass is 280 g/mol. The van der Waals surface area contributed by atoms with Crippen LogP contribution in [0.2, 0.25) is 0 Å². The maximum Gasteiger partial charge on any atom is 0.222 e. The molecule has 2 rings (SSSR count). The van der Waals surface area contributed by atoms with Gasteiger partial charge >= 0.3 is 0 Å². The van der Waals surface area contributed by atoms with Gasteiger partial charge in [-0.15, -0.1) is 11.3 Å². The number of likely N-dealkylation sites (N-methyl/N-ethyl adjacent to an activating group) is 1. The summed E-state index contributed by atoms with van der Waals surface area (Å²) in [6.07, 6.45) is 4.99. The minimum atomic E-state index is 0.236. The van der Waals surface area contributed by atoms with Crippen molar-refractivity contribution in [2.24, 2.45) is 11.7 Å². The normalized spacial score (nSPS) is 22.6. The number of hydrogen-bond donors (Lipinski definition) is 1. The van der Waals surface area contributed by atoms with E-state index in [0.717, 1.165) is 32.4 Å². The van der Waals surface area contributed by atoms with Crippen LogP contribution >= 0.6 is 11.3 Å². The molecule has 1 aliphatic rings. The van der Waals surface area contributed by atoms with Crippen molar-refractivity contribution in [3.8, 4) is 0 Å². The SMILES string of the molecule is CCN(CCc1cccs1)C(=O)C[C@@H]1CCC[C@H]1N. The maximum absolute atomic E-state index is 12.3. The standard InChI is InChI=1S/C15H24N2OS/c1-2-17(9-8-13-6-4-10-19-13)15(18)11-12-5-3-7-14(12)16/h4,6,10,12,14H,2-3,5,7-9,11,16H2,1H3/t12-,14+/m0/s1. The van der Waals surface area contributed by atoms with Crippen LogP contribution in [0.1, 0.15) is 37.5 Å². The van der Waals surface area contributed by atoms with Crippen molar-refractivity contribution in [1.29, 1.82) is 0 Å². The molecule has 1 amide bonds. The lowest BCUT2D eigenvalue weighted by Gasteiger charge is -2.23. The molecule has 0 aliphatic heterocycles. The zero-order valence-corrected chi connectivity index (χ0v) is 12.5. The molecule has 0 radical (unpaired) electrons. The van der Waals surface area contributed by atoms with Gasteiger partial charge in [0.05, 0.1) is 0 Å². The molecule has 1 aliphatic carbocycles. The zero-order valence-electron chi connectivity index (χ0n) is 11.7. The molecule has 106 valence electrons. The van der Waals surface area contributed by atoms with Gasteiger partial charge in [-0.25, -0.2) is 0 Å². The van der Waals surface area contributed by atoms with Crippen LogP contribution in [0.25, 0.3) is 0 Å². The van der Waals surface area contributed by atoms with Crippen molar-refractivity contribution in [1.82, 2.24) is 4.90 Å². The summed E-state index contributed by atoms with van der Waals surface area (Å²) in [5, 5.41) is 2.09. The van der Waals surface area contributed by atoms with Crippen LogP contribution in [0.15, 0.2) is 17.5 Å². The van der Waals surface area contributed by atoms with E-state index >= 15 is 0 Å². The van der Waals surface area contributed by atoms with Crippen LogP contribution in [-0.4, -0.2) is 29.9 Å². The van der Waals surface area contributed by atoms with Crippen molar-refractivity contribution in [2.75, 3.05) is 13.1 Å². The Morgan fingerprint density at radius 2 is 2.37 bits per heavy atom. The molecule has 1 aromatic heterocycles. The van der Waals surface area contributed by atoms with Crippen molar-refractivity contribution in [3.05, 3.63) is 22.4 Å². The third kappa shape index (κ3) is 4.05. The van der Waals surface area contributed by atoms with Gasteiger partial charge in [-0.3, -0.25) is 4.79 Å². The molecule has 0 unspecified atom stereocenters. The summed E-state index contributed by atoms with van der Waals surface area (Å²) in [5.41, 5.74) is 6.05. The average molecular weight is 280 g/mol. The van der Waals surface area contributed by atoms with E-state index < -0.39 is 0 Å². The number of nitrogens with two attached hydrogens (primary N) is 1. The summed E-state index contributed by atoms with van der Waals surface area (Å²) in [5.74, 6) is 0.685. The fourth-order valence-electron chi connectivity index (χ4n) is 2.83. The second-order valence-electron chi connectivity index (χ2n) is 5.36. The fraction of sp³-hybridized carbons (Fsp3) is 0.667. The van der Waals surface area contributed by atoms with Crippen molar-refractivity contribution in [2.45, 2.75) is 45.1 Å². The zero-order chi connectivity index (χ0) is 13.7. The summed E-state index contributed by atoms with van der Waals surface area (Å²) >= 11 is 1.76. The molecular formula is C15H24N2OS. The Hall–Kier alpha value is -0.870. The van der Waals surface area contributed by atoms with Gasteiger partial charge in [-0.1, -0.05) is 12.5 Å². The molecule has 0 spiro atoms. The molecule has 2 atom stereocenters. The van der Waals surface area contributed by atoms with Crippen LogP contribution in [0.4, 0.5) is 0 Å². The smallest absolute Gasteiger partial charge is 0.222 e. The minimum Gasteiger partial charge on any atom is -0.343 e. The number of nitrogens with zero attached hydrogens (tertiary/aromatic N) is 1. The first kappa shape index (κ1) is 14.5. The highest BCUT2D eigenvalue weighted by molar-refractivity contribution is 7.09. The Morgan fingerprint density at radius 3 is 2.95 bits per heavy atom. The highest BCUT2D eigenvalue weighted by Gasteiger charge is 2.27. The highest BCUT2D eigenvalue weighted by atomic mass is 32.1. The van der Waals surface area contributed by atoms with E-state index in [-0.39, 0.29) is 11.9 Å². The molecule has 0 aromatic carbocycles. The Balaban J connectivity index is 1.81. The molecule has 1 heterocycles. The van der Waals surface area contributed by atoms with Crippen molar-refractivity contribution in [3.63, 3.8) is 0 Å². The number of carbonyl (C=O) groups is 1. The first-order valence-electron chi connectivity index (χ1n) is 7.26. The minimum absolute atomic E-state index is 0.236. The van der Waals surface area contributed by atoms with E-state index in [2.05, 4.69) is 24.4 Å². The molecule has 3 nitrogen and oxygen atoms in total. The Bertz CT molecular complexity index is 391. The predicted molar refractivity (Wildman–Crippen MR) is 80.2 cm³/mol. The third-order valence-electron chi connectivity index (χ3n) is 4.10. The van der Waals surface area contributed by atoms with E-state index in [9.17, 15) is 4.79 Å². The van der Waals surface area contributed by atoms with Crippen molar-refractivity contribution < 1.29 is 4.79 Å². The molecule has 2 N–H and O–H groups in total. The maximum atomic E-state index is 12.3. The van der Waals surface area contributed by atoms with E-state index in [4.69, 9.17) is 5.73 Å². The average Bonchev–Trinajstić information content (AvgIpc) is 3.03. The van der Waals surface area contributed by atoms with Gasteiger partial charge in [0.15, 0.2) is 0 Å². The highest BCUT2D eigenvalue weighted by Crippen LogP contribution is 2.27. The van der Waals surface area contributed by atoms with Gasteiger partial charge in [0.2, 0.25) is 5.91 Å². The van der Waals surface area contributed by atoms with E-state index in [0.29, 0.717) is 12.3 Å². The van der Waals surface area contributed by atoms with Gasteiger partial charge in [0, 0.05) is 30.4 Å².